The van der Waals surface area contributed by atoms with E-state index in [0.29, 0.717) is 6.04 Å². The predicted octanol–water partition coefficient (Wildman–Crippen LogP) is 4.70. The van der Waals surface area contributed by atoms with E-state index in [4.69, 9.17) is 17.0 Å². The lowest BCUT2D eigenvalue weighted by Gasteiger charge is -2.29. The fraction of sp³-hybridized carbons (Fsp3) is 0.588. The van der Waals surface area contributed by atoms with Crippen molar-refractivity contribution in [1.29, 1.82) is 0 Å². The van der Waals surface area contributed by atoms with Crippen LogP contribution in [-0.4, -0.2) is 16.7 Å². The maximum atomic E-state index is 5.60. The Bertz CT molecular complexity index is 732. The fourth-order valence-electron chi connectivity index (χ4n) is 4.71. The van der Waals surface area contributed by atoms with Gasteiger partial charge in [0.1, 0.15) is 5.75 Å². The van der Waals surface area contributed by atoms with Crippen LogP contribution in [0, 0.1) is 22.5 Å². The van der Waals surface area contributed by atoms with Gasteiger partial charge in [0.05, 0.1) is 18.1 Å². The maximum absolute atomic E-state index is 5.60. The van der Waals surface area contributed by atoms with Crippen LogP contribution in [0.1, 0.15) is 38.6 Å². The molecule has 0 aliphatic heterocycles. The minimum Gasteiger partial charge on any atom is -0.497 e. The van der Waals surface area contributed by atoms with E-state index >= 15 is 0 Å². The minimum absolute atomic E-state index is 0.466. The monoisotopic (exact) mass is 302 g/mol. The normalized spacial score (nSPS) is 29.1. The van der Waals surface area contributed by atoms with Gasteiger partial charge in [0.25, 0.3) is 0 Å². The molecule has 2 aliphatic carbocycles. The van der Waals surface area contributed by atoms with E-state index in [-0.39, 0.29) is 0 Å². The predicted molar refractivity (Wildman–Crippen MR) is 87.3 cm³/mol. The van der Waals surface area contributed by atoms with Gasteiger partial charge in [-0.15, -0.1) is 0 Å². The molecule has 2 aromatic rings. The van der Waals surface area contributed by atoms with Crippen molar-refractivity contribution in [3.63, 3.8) is 0 Å². The van der Waals surface area contributed by atoms with Crippen molar-refractivity contribution in [2.45, 2.75) is 38.6 Å². The molecule has 4 heteroatoms. The first-order valence-corrected chi connectivity index (χ1v) is 8.36. The summed E-state index contributed by atoms with van der Waals surface area (Å²) in [6, 6.07) is 6.62. The highest BCUT2D eigenvalue weighted by molar-refractivity contribution is 7.71. The van der Waals surface area contributed by atoms with Gasteiger partial charge in [0.15, 0.2) is 4.77 Å². The number of hydrogen-bond donors (Lipinski definition) is 1. The molecule has 2 aliphatic rings. The quantitative estimate of drug-likeness (QED) is 0.833. The van der Waals surface area contributed by atoms with Crippen molar-refractivity contribution in [2.24, 2.45) is 17.8 Å². The summed E-state index contributed by atoms with van der Waals surface area (Å²) in [5.41, 5.74) is 2.28. The summed E-state index contributed by atoms with van der Waals surface area (Å²) in [5, 5.41) is 0. The molecule has 0 amide bonds. The molecule has 4 atom stereocenters. The smallest absolute Gasteiger partial charge is 0.178 e. The number of imidazole rings is 1. The van der Waals surface area contributed by atoms with Crippen molar-refractivity contribution < 1.29 is 4.74 Å². The Morgan fingerprint density at radius 2 is 2.19 bits per heavy atom. The second-order valence-electron chi connectivity index (χ2n) is 6.76. The van der Waals surface area contributed by atoms with Gasteiger partial charge in [0, 0.05) is 12.1 Å². The van der Waals surface area contributed by atoms with E-state index in [0.717, 1.165) is 33.8 Å². The van der Waals surface area contributed by atoms with E-state index in [1.54, 1.807) is 7.11 Å². The second kappa shape index (κ2) is 4.87. The van der Waals surface area contributed by atoms with Gasteiger partial charge in [0.2, 0.25) is 0 Å². The first-order valence-electron chi connectivity index (χ1n) is 7.95. The van der Waals surface area contributed by atoms with Gasteiger partial charge < -0.3 is 14.3 Å². The van der Waals surface area contributed by atoms with E-state index in [1.165, 1.54) is 31.2 Å². The van der Waals surface area contributed by atoms with Crippen LogP contribution in [0.25, 0.3) is 11.0 Å². The summed E-state index contributed by atoms with van der Waals surface area (Å²) >= 11 is 5.60. The lowest BCUT2D eigenvalue weighted by Crippen LogP contribution is -2.22. The molecule has 1 N–H and O–H groups in total. The molecule has 1 heterocycles. The number of nitrogens with zero attached hydrogens (tertiary/aromatic N) is 1. The summed E-state index contributed by atoms with van der Waals surface area (Å²) < 4.78 is 8.54. The molecule has 2 fully saturated rings. The Kier molecular flexibility index (Phi) is 3.10. The average Bonchev–Trinajstić information content (AvgIpc) is 3.18. The number of aromatic nitrogens is 2. The Morgan fingerprint density at radius 1 is 1.33 bits per heavy atom. The van der Waals surface area contributed by atoms with E-state index in [9.17, 15) is 0 Å². The average molecular weight is 302 g/mol. The third-order valence-electron chi connectivity index (χ3n) is 5.74. The number of hydrogen-bond acceptors (Lipinski definition) is 2. The number of methoxy groups -OCH3 is 1. The van der Waals surface area contributed by atoms with Gasteiger partial charge in [-0.25, -0.2) is 0 Å². The first kappa shape index (κ1) is 13.4. The van der Waals surface area contributed by atoms with Crippen LogP contribution in [0.4, 0.5) is 0 Å². The summed E-state index contributed by atoms with van der Waals surface area (Å²) in [6.45, 7) is 2.34. The van der Waals surface area contributed by atoms with Crippen LogP contribution in [0.15, 0.2) is 18.2 Å². The zero-order valence-corrected chi connectivity index (χ0v) is 13.5. The highest BCUT2D eigenvalue weighted by Gasteiger charge is 2.42. The summed E-state index contributed by atoms with van der Waals surface area (Å²) in [4.78, 5) is 3.35. The highest BCUT2D eigenvalue weighted by atomic mass is 32.1. The Balaban J connectivity index is 1.78. The number of ether oxygens (including phenoxy) is 1. The number of H-pyrrole nitrogens is 1. The third kappa shape index (κ3) is 2.03. The number of rotatable bonds is 3. The highest BCUT2D eigenvalue weighted by Crippen LogP contribution is 2.52. The molecule has 0 radical (unpaired) electrons. The third-order valence-corrected chi connectivity index (χ3v) is 6.04. The van der Waals surface area contributed by atoms with Gasteiger partial charge in [-0.2, -0.15) is 0 Å². The Labute approximate surface area is 130 Å². The topological polar surface area (TPSA) is 29.9 Å². The van der Waals surface area contributed by atoms with Gasteiger partial charge in [-0.3, -0.25) is 0 Å². The van der Waals surface area contributed by atoms with Crippen LogP contribution < -0.4 is 4.74 Å². The van der Waals surface area contributed by atoms with Crippen LogP contribution in [0.2, 0.25) is 0 Å². The molecule has 4 rings (SSSR count). The van der Waals surface area contributed by atoms with Crippen molar-refractivity contribution in [1.82, 2.24) is 9.55 Å². The zero-order chi connectivity index (χ0) is 14.6. The molecule has 1 aromatic heterocycles. The van der Waals surface area contributed by atoms with Crippen LogP contribution in [0.5, 0.6) is 5.75 Å². The van der Waals surface area contributed by atoms with E-state index in [1.807, 2.05) is 6.07 Å². The lowest BCUT2D eigenvalue weighted by atomic mass is 9.84. The number of nitrogens with one attached hydrogen (secondary N) is 1. The SMILES string of the molecule is COc1ccc2[nH]c(=S)n(C(C)C3CC4CCC3C4)c2c1. The van der Waals surface area contributed by atoms with Gasteiger partial charge in [-0.05, 0) is 68.3 Å². The Morgan fingerprint density at radius 3 is 2.86 bits per heavy atom. The van der Waals surface area contributed by atoms with E-state index < -0.39 is 0 Å². The van der Waals surface area contributed by atoms with Crippen molar-refractivity contribution in [2.75, 3.05) is 7.11 Å². The summed E-state index contributed by atoms with van der Waals surface area (Å²) in [6.07, 6.45) is 5.68. The lowest BCUT2D eigenvalue weighted by molar-refractivity contribution is 0.245. The number of benzene rings is 1. The van der Waals surface area contributed by atoms with Crippen molar-refractivity contribution in [3.8, 4) is 5.75 Å². The number of fused-ring (bicyclic) bond motifs is 3. The molecule has 3 nitrogen and oxygen atoms in total. The fourth-order valence-corrected chi connectivity index (χ4v) is 5.08. The molecular formula is C17H22N2OS. The molecule has 0 spiro atoms. The first-order chi connectivity index (χ1) is 10.2. The maximum Gasteiger partial charge on any atom is 0.178 e. The van der Waals surface area contributed by atoms with Gasteiger partial charge >= 0.3 is 0 Å². The largest absolute Gasteiger partial charge is 0.497 e. The van der Waals surface area contributed by atoms with Crippen molar-refractivity contribution in [3.05, 3.63) is 23.0 Å². The Hall–Kier alpha value is -1.29. The molecule has 112 valence electrons. The van der Waals surface area contributed by atoms with Crippen LogP contribution >= 0.6 is 12.2 Å². The molecule has 1 aromatic carbocycles. The zero-order valence-electron chi connectivity index (χ0n) is 12.6. The van der Waals surface area contributed by atoms with Crippen LogP contribution in [0.3, 0.4) is 0 Å². The van der Waals surface area contributed by atoms with Gasteiger partial charge in [-0.1, -0.05) is 6.42 Å². The standard InChI is InChI=1S/C17H22N2OS/c1-10(14-8-11-3-4-12(14)7-11)19-16-9-13(20-2)5-6-15(16)18-17(19)21/h5-6,9-12,14H,3-4,7-8H2,1-2H3,(H,18,21). The second-order valence-corrected chi connectivity index (χ2v) is 7.15. The van der Waals surface area contributed by atoms with Crippen molar-refractivity contribution >= 4 is 23.3 Å². The molecule has 21 heavy (non-hydrogen) atoms. The molecule has 4 unspecified atom stereocenters. The summed E-state index contributed by atoms with van der Waals surface area (Å²) in [5.74, 6) is 3.55. The molecule has 2 saturated carbocycles. The number of aromatic amines is 1. The molecule has 2 bridgehead atoms. The minimum atomic E-state index is 0.466. The summed E-state index contributed by atoms with van der Waals surface area (Å²) in [7, 11) is 1.71. The van der Waals surface area contributed by atoms with Crippen LogP contribution in [-0.2, 0) is 0 Å². The van der Waals surface area contributed by atoms with E-state index in [2.05, 4.69) is 28.6 Å². The molecular weight excluding hydrogens is 280 g/mol. The molecule has 0 saturated heterocycles.